The van der Waals surface area contributed by atoms with Gasteiger partial charge in [-0.1, -0.05) is 17.8 Å². The summed E-state index contributed by atoms with van der Waals surface area (Å²) in [5, 5.41) is 11.7. The lowest BCUT2D eigenvalue weighted by molar-refractivity contribution is -0.137. The van der Waals surface area contributed by atoms with Crippen molar-refractivity contribution in [1.29, 1.82) is 0 Å². The van der Waals surface area contributed by atoms with Crippen molar-refractivity contribution in [1.82, 2.24) is 14.8 Å². The third-order valence-corrected chi connectivity index (χ3v) is 6.42. The molecule has 0 aliphatic rings. The number of halogens is 3. The molecule has 1 aromatic carbocycles. The summed E-state index contributed by atoms with van der Waals surface area (Å²) < 4.78 is 50.6. The zero-order valence-corrected chi connectivity index (χ0v) is 20.1. The van der Waals surface area contributed by atoms with Crippen LogP contribution in [0.5, 0.6) is 5.75 Å². The lowest BCUT2D eigenvalue weighted by Gasteiger charge is -2.11. The fourth-order valence-corrected chi connectivity index (χ4v) is 4.66. The van der Waals surface area contributed by atoms with E-state index in [1.54, 1.807) is 10.6 Å². The average molecular weight is 515 g/mol. The first-order chi connectivity index (χ1) is 16.1. The second-order valence-electron chi connectivity index (χ2n) is 6.89. The molecule has 0 unspecified atom stereocenters. The van der Waals surface area contributed by atoms with Crippen LogP contribution in [0, 0.1) is 6.92 Å². The molecule has 0 saturated carbocycles. The predicted octanol–water partition coefficient (Wildman–Crippen LogP) is 4.78. The first-order valence-electron chi connectivity index (χ1n) is 9.96. The molecule has 0 spiro atoms. The minimum atomic E-state index is -4.47. The van der Waals surface area contributed by atoms with Gasteiger partial charge in [-0.15, -0.1) is 21.5 Å². The summed E-state index contributed by atoms with van der Waals surface area (Å²) in [7, 11) is 1.27. The fraction of sp³-hybridized carbons (Fsp3) is 0.333. The van der Waals surface area contributed by atoms with Gasteiger partial charge in [0.15, 0.2) is 11.0 Å². The maximum atomic E-state index is 12.9. The number of amides is 1. The van der Waals surface area contributed by atoms with Crippen LogP contribution in [-0.4, -0.2) is 39.5 Å². The standard InChI is InChI=1S/C21H21F3N4O4S2/c1-4-28-16(10-32-14-7-5-6-13(9-14)21(22,23)24)26-27-20(28)33-11-17(29)25-18-15(19(30)31-3)8-12(2)34-18/h5-9H,4,10-11H2,1-3H3,(H,25,29). The van der Waals surface area contributed by atoms with Gasteiger partial charge in [0.25, 0.3) is 0 Å². The molecule has 182 valence electrons. The largest absolute Gasteiger partial charge is 0.486 e. The van der Waals surface area contributed by atoms with Crippen molar-refractivity contribution in [3.05, 3.63) is 52.2 Å². The number of carbonyl (C=O) groups excluding carboxylic acids is 2. The molecule has 1 N–H and O–H groups in total. The van der Waals surface area contributed by atoms with Crippen molar-refractivity contribution >= 4 is 40.0 Å². The molecule has 0 bridgehead atoms. The third kappa shape index (κ3) is 6.29. The van der Waals surface area contributed by atoms with E-state index < -0.39 is 17.7 Å². The average Bonchev–Trinajstić information content (AvgIpc) is 3.37. The highest BCUT2D eigenvalue weighted by molar-refractivity contribution is 7.99. The van der Waals surface area contributed by atoms with Gasteiger partial charge < -0.3 is 19.4 Å². The van der Waals surface area contributed by atoms with Gasteiger partial charge in [-0.2, -0.15) is 13.2 Å². The molecular formula is C21H21F3N4O4S2. The van der Waals surface area contributed by atoms with Crippen molar-refractivity contribution in [2.75, 3.05) is 18.2 Å². The fourth-order valence-electron chi connectivity index (χ4n) is 2.92. The van der Waals surface area contributed by atoms with E-state index in [2.05, 4.69) is 15.5 Å². The lowest BCUT2D eigenvalue weighted by Crippen LogP contribution is -2.16. The molecule has 0 atom stereocenters. The van der Waals surface area contributed by atoms with Crippen LogP contribution in [-0.2, 0) is 28.9 Å². The van der Waals surface area contributed by atoms with Crippen LogP contribution in [0.4, 0.5) is 18.2 Å². The smallest absolute Gasteiger partial charge is 0.416 e. The van der Waals surface area contributed by atoms with Crippen LogP contribution in [0.2, 0.25) is 0 Å². The number of thiophene rings is 1. The normalized spacial score (nSPS) is 11.4. The number of hydrogen-bond acceptors (Lipinski definition) is 8. The number of nitrogens with one attached hydrogen (secondary N) is 1. The first kappa shape index (κ1) is 25.6. The van der Waals surface area contributed by atoms with Crippen molar-refractivity contribution in [3.63, 3.8) is 0 Å². The Morgan fingerprint density at radius 1 is 1.24 bits per heavy atom. The van der Waals surface area contributed by atoms with Gasteiger partial charge in [-0.05, 0) is 38.1 Å². The van der Waals surface area contributed by atoms with E-state index in [0.717, 1.165) is 28.8 Å². The van der Waals surface area contributed by atoms with E-state index >= 15 is 0 Å². The van der Waals surface area contributed by atoms with Gasteiger partial charge in [-0.3, -0.25) is 4.79 Å². The highest BCUT2D eigenvalue weighted by atomic mass is 32.2. The number of benzene rings is 1. The molecule has 3 aromatic rings. The lowest BCUT2D eigenvalue weighted by atomic mass is 10.2. The molecular weight excluding hydrogens is 493 g/mol. The zero-order valence-electron chi connectivity index (χ0n) is 18.4. The van der Waals surface area contributed by atoms with E-state index in [0.29, 0.717) is 22.5 Å². The molecule has 0 aliphatic carbocycles. The Bertz CT molecular complexity index is 1180. The number of aryl methyl sites for hydroxylation is 1. The van der Waals surface area contributed by atoms with Crippen molar-refractivity contribution in [2.45, 2.75) is 38.3 Å². The van der Waals surface area contributed by atoms with E-state index in [4.69, 9.17) is 9.47 Å². The Labute approximate surface area is 201 Å². The third-order valence-electron chi connectivity index (χ3n) is 4.48. The monoisotopic (exact) mass is 514 g/mol. The second-order valence-corrected chi connectivity index (χ2v) is 9.08. The van der Waals surface area contributed by atoms with Gasteiger partial charge in [0.1, 0.15) is 17.4 Å². The van der Waals surface area contributed by atoms with E-state index in [-0.39, 0.29) is 29.6 Å². The van der Waals surface area contributed by atoms with Crippen molar-refractivity contribution < 1.29 is 32.2 Å². The summed E-state index contributed by atoms with van der Waals surface area (Å²) in [6.45, 7) is 4.03. The van der Waals surface area contributed by atoms with Crippen LogP contribution in [0.15, 0.2) is 35.5 Å². The maximum Gasteiger partial charge on any atom is 0.416 e. The molecule has 34 heavy (non-hydrogen) atoms. The molecule has 13 heteroatoms. The molecule has 3 rings (SSSR count). The van der Waals surface area contributed by atoms with Gasteiger partial charge in [-0.25, -0.2) is 4.79 Å². The number of alkyl halides is 3. The Morgan fingerprint density at radius 2 is 2.00 bits per heavy atom. The van der Waals surface area contributed by atoms with Gasteiger partial charge in [0.2, 0.25) is 5.91 Å². The molecule has 2 aromatic heterocycles. The van der Waals surface area contributed by atoms with Gasteiger partial charge in [0, 0.05) is 11.4 Å². The topological polar surface area (TPSA) is 95.3 Å². The number of thioether (sulfide) groups is 1. The molecule has 0 radical (unpaired) electrons. The molecule has 1 amide bonds. The summed E-state index contributed by atoms with van der Waals surface area (Å²) >= 11 is 2.40. The number of esters is 1. The summed E-state index contributed by atoms with van der Waals surface area (Å²) in [4.78, 5) is 25.1. The van der Waals surface area contributed by atoms with Gasteiger partial charge in [0.05, 0.1) is 24.0 Å². The van der Waals surface area contributed by atoms with E-state index in [1.165, 1.54) is 30.6 Å². The summed E-state index contributed by atoms with van der Waals surface area (Å²) in [5.74, 6) is -0.413. The maximum absolute atomic E-state index is 12.9. The molecule has 0 fully saturated rings. The summed E-state index contributed by atoms with van der Waals surface area (Å²) in [5.41, 5.74) is -0.519. The van der Waals surface area contributed by atoms with Crippen LogP contribution < -0.4 is 10.1 Å². The van der Waals surface area contributed by atoms with E-state index in [9.17, 15) is 22.8 Å². The first-order valence-corrected chi connectivity index (χ1v) is 11.8. The number of hydrogen-bond donors (Lipinski definition) is 1. The predicted molar refractivity (Wildman–Crippen MR) is 121 cm³/mol. The van der Waals surface area contributed by atoms with Crippen molar-refractivity contribution in [3.8, 4) is 5.75 Å². The van der Waals surface area contributed by atoms with Crippen molar-refractivity contribution in [2.24, 2.45) is 0 Å². The summed E-state index contributed by atoms with van der Waals surface area (Å²) in [6, 6.07) is 6.22. The van der Waals surface area contributed by atoms with Crippen LogP contribution >= 0.6 is 23.1 Å². The Kier molecular flexibility index (Phi) is 8.20. The number of ether oxygens (including phenoxy) is 2. The number of nitrogens with zero attached hydrogens (tertiary/aromatic N) is 3. The van der Waals surface area contributed by atoms with Gasteiger partial charge >= 0.3 is 12.1 Å². The Balaban J connectivity index is 1.62. The molecule has 0 aliphatic heterocycles. The number of methoxy groups -OCH3 is 1. The van der Waals surface area contributed by atoms with Crippen LogP contribution in [0.25, 0.3) is 0 Å². The quantitative estimate of drug-likeness (QED) is 0.324. The molecule has 0 saturated heterocycles. The summed E-state index contributed by atoms with van der Waals surface area (Å²) in [6.07, 6.45) is -4.47. The minimum Gasteiger partial charge on any atom is -0.486 e. The van der Waals surface area contributed by atoms with Crippen LogP contribution in [0.1, 0.15) is 33.5 Å². The Morgan fingerprint density at radius 3 is 2.68 bits per heavy atom. The minimum absolute atomic E-state index is 0.00415. The number of anilines is 1. The molecule has 8 nitrogen and oxygen atoms in total. The second kappa shape index (κ2) is 10.9. The van der Waals surface area contributed by atoms with Crippen LogP contribution in [0.3, 0.4) is 0 Å². The zero-order chi connectivity index (χ0) is 24.9. The number of rotatable bonds is 9. The molecule has 2 heterocycles. The SMILES string of the molecule is CCn1c(COc2cccc(C(F)(F)F)c2)nnc1SCC(=O)Nc1sc(C)cc1C(=O)OC. The van der Waals surface area contributed by atoms with E-state index in [1.807, 2.05) is 13.8 Å². The highest BCUT2D eigenvalue weighted by Crippen LogP contribution is 2.32. The highest BCUT2D eigenvalue weighted by Gasteiger charge is 2.30. The number of aromatic nitrogens is 3. The Hall–Kier alpha value is -3.06. The number of carbonyl (C=O) groups is 2.